The Hall–Kier alpha value is -4.52. The van der Waals surface area contributed by atoms with Crippen molar-refractivity contribution in [1.29, 1.82) is 0 Å². The number of H-pyrrole nitrogens is 1. The molecule has 0 aliphatic carbocycles. The number of fused-ring (bicyclic) bond motifs is 1. The summed E-state index contributed by atoms with van der Waals surface area (Å²) in [6, 6.07) is 17.5. The number of aliphatic hydroxyl groups excluding tert-OH is 1. The molecule has 1 aliphatic heterocycles. The standard InChI is InChI=1S/C30H28N2O5/c1-16-13-14-19(15-17(16)2)32-27(24-18(3)31-21-10-7-6-9-20(21)24)26(29(34)30(32)35)28(33)25-22(36-4)11-8-12-23(25)37-5/h6-15,27,31,33H,1-5H3/b28-26+. The van der Waals surface area contributed by atoms with Crippen LogP contribution < -0.4 is 14.4 Å². The number of aromatic nitrogens is 1. The summed E-state index contributed by atoms with van der Waals surface area (Å²) in [5, 5.41) is 12.6. The molecule has 2 heterocycles. The minimum Gasteiger partial charge on any atom is -0.506 e. The van der Waals surface area contributed by atoms with Crippen LogP contribution >= 0.6 is 0 Å². The van der Waals surface area contributed by atoms with Gasteiger partial charge in [0.2, 0.25) is 0 Å². The first kappa shape index (κ1) is 24.2. The molecule has 1 amide bonds. The summed E-state index contributed by atoms with van der Waals surface area (Å²) in [5.41, 5.74) is 5.22. The number of ether oxygens (including phenoxy) is 2. The van der Waals surface area contributed by atoms with Gasteiger partial charge in [-0.3, -0.25) is 14.5 Å². The van der Waals surface area contributed by atoms with E-state index in [0.717, 1.165) is 33.3 Å². The summed E-state index contributed by atoms with van der Waals surface area (Å²) in [5.74, 6) is -1.20. The number of amides is 1. The fourth-order valence-electron chi connectivity index (χ4n) is 5.12. The maximum atomic E-state index is 13.7. The molecule has 3 aromatic carbocycles. The summed E-state index contributed by atoms with van der Waals surface area (Å²) < 4.78 is 11.0. The number of benzene rings is 3. The number of nitrogens with one attached hydrogen (secondary N) is 1. The van der Waals surface area contributed by atoms with E-state index < -0.39 is 17.7 Å². The SMILES string of the molecule is COc1cccc(OC)c1/C(O)=C1\C(=O)C(=O)N(c2ccc(C)c(C)c2)C1c1c(C)[nH]c2ccccc12. The minimum atomic E-state index is -0.882. The Bertz CT molecular complexity index is 1570. The van der Waals surface area contributed by atoms with Crippen LogP contribution in [0.3, 0.4) is 0 Å². The molecule has 5 rings (SSSR count). The number of Topliss-reactive ketones (excluding diaryl/α,β-unsaturated/α-hetero) is 1. The fraction of sp³-hybridized carbons (Fsp3) is 0.200. The van der Waals surface area contributed by atoms with Crippen LogP contribution in [0.2, 0.25) is 0 Å². The fourth-order valence-corrected chi connectivity index (χ4v) is 5.12. The highest BCUT2D eigenvalue weighted by atomic mass is 16.5. The van der Waals surface area contributed by atoms with Gasteiger partial charge in [0, 0.05) is 27.8 Å². The van der Waals surface area contributed by atoms with E-state index in [1.54, 1.807) is 18.2 Å². The average Bonchev–Trinajstić information content (AvgIpc) is 3.36. The second kappa shape index (κ2) is 9.17. The van der Waals surface area contributed by atoms with Crippen molar-refractivity contribution in [2.45, 2.75) is 26.8 Å². The van der Waals surface area contributed by atoms with Gasteiger partial charge in [-0.15, -0.1) is 0 Å². The number of nitrogens with zero attached hydrogens (tertiary/aromatic N) is 1. The predicted octanol–water partition coefficient (Wildman–Crippen LogP) is 5.74. The monoisotopic (exact) mass is 496 g/mol. The third kappa shape index (κ3) is 3.74. The van der Waals surface area contributed by atoms with Gasteiger partial charge in [0.25, 0.3) is 11.7 Å². The quantitative estimate of drug-likeness (QED) is 0.209. The van der Waals surface area contributed by atoms with Gasteiger partial charge in [-0.1, -0.05) is 30.3 Å². The van der Waals surface area contributed by atoms with E-state index in [1.165, 1.54) is 19.1 Å². The lowest BCUT2D eigenvalue weighted by molar-refractivity contribution is -0.132. The summed E-state index contributed by atoms with van der Waals surface area (Å²) in [7, 11) is 2.95. The van der Waals surface area contributed by atoms with Crippen molar-refractivity contribution >= 4 is 34.0 Å². The number of para-hydroxylation sites is 1. The van der Waals surface area contributed by atoms with E-state index in [0.29, 0.717) is 17.2 Å². The van der Waals surface area contributed by atoms with E-state index in [4.69, 9.17) is 9.47 Å². The molecule has 0 bridgehead atoms. The number of hydrogen-bond acceptors (Lipinski definition) is 5. The Kier molecular flexibility index (Phi) is 5.99. The van der Waals surface area contributed by atoms with Crippen LogP contribution in [0.15, 0.2) is 66.2 Å². The van der Waals surface area contributed by atoms with Crippen LogP contribution in [0.25, 0.3) is 16.7 Å². The minimum absolute atomic E-state index is 0.0288. The molecule has 37 heavy (non-hydrogen) atoms. The number of anilines is 1. The highest BCUT2D eigenvalue weighted by Gasteiger charge is 2.49. The van der Waals surface area contributed by atoms with Gasteiger partial charge in [-0.2, -0.15) is 0 Å². The molecule has 188 valence electrons. The Morgan fingerprint density at radius 3 is 2.22 bits per heavy atom. The van der Waals surface area contributed by atoms with Crippen molar-refractivity contribution in [3.05, 3.63) is 94.2 Å². The van der Waals surface area contributed by atoms with Gasteiger partial charge in [0.05, 0.1) is 25.8 Å². The summed E-state index contributed by atoms with van der Waals surface area (Å²) in [4.78, 5) is 32.2. The molecule has 1 unspecified atom stereocenters. The molecule has 0 spiro atoms. The highest BCUT2D eigenvalue weighted by Crippen LogP contribution is 2.47. The van der Waals surface area contributed by atoms with Crippen molar-refractivity contribution in [3.63, 3.8) is 0 Å². The molecule has 7 nitrogen and oxygen atoms in total. The third-order valence-corrected chi connectivity index (χ3v) is 7.09. The first-order chi connectivity index (χ1) is 17.8. The summed E-state index contributed by atoms with van der Waals surface area (Å²) in [6.45, 7) is 5.85. The van der Waals surface area contributed by atoms with Gasteiger partial charge in [0.15, 0.2) is 0 Å². The van der Waals surface area contributed by atoms with Crippen LogP contribution in [-0.2, 0) is 9.59 Å². The van der Waals surface area contributed by atoms with Crippen molar-refractivity contribution < 1.29 is 24.2 Å². The van der Waals surface area contributed by atoms with Crippen molar-refractivity contribution in [2.75, 3.05) is 19.1 Å². The number of carbonyl (C=O) groups excluding carboxylic acids is 2. The molecular weight excluding hydrogens is 468 g/mol. The van der Waals surface area contributed by atoms with E-state index in [-0.39, 0.29) is 16.9 Å². The number of aryl methyl sites for hydroxylation is 3. The van der Waals surface area contributed by atoms with Gasteiger partial charge < -0.3 is 19.6 Å². The van der Waals surface area contributed by atoms with E-state index >= 15 is 0 Å². The zero-order valence-electron chi connectivity index (χ0n) is 21.4. The van der Waals surface area contributed by atoms with Crippen molar-refractivity contribution in [1.82, 2.24) is 4.98 Å². The highest BCUT2D eigenvalue weighted by molar-refractivity contribution is 6.52. The van der Waals surface area contributed by atoms with Gasteiger partial charge in [0.1, 0.15) is 22.8 Å². The predicted molar refractivity (Wildman–Crippen MR) is 143 cm³/mol. The Morgan fingerprint density at radius 2 is 1.57 bits per heavy atom. The summed E-state index contributed by atoms with van der Waals surface area (Å²) >= 11 is 0. The number of ketones is 1. The zero-order valence-corrected chi connectivity index (χ0v) is 21.4. The lowest BCUT2D eigenvalue weighted by atomic mass is 9.92. The van der Waals surface area contributed by atoms with Crippen LogP contribution in [-0.4, -0.2) is 36.0 Å². The first-order valence-corrected chi connectivity index (χ1v) is 11.9. The molecule has 2 N–H and O–H groups in total. The lowest BCUT2D eigenvalue weighted by Gasteiger charge is -2.26. The molecule has 0 radical (unpaired) electrons. The molecule has 7 heteroatoms. The zero-order chi connectivity index (χ0) is 26.4. The molecular formula is C30H28N2O5. The van der Waals surface area contributed by atoms with E-state index in [2.05, 4.69) is 4.98 Å². The number of aromatic amines is 1. The number of methoxy groups -OCH3 is 2. The van der Waals surface area contributed by atoms with Crippen molar-refractivity contribution in [2.24, 2.45) is 0 Å². The van der Waals surface area contributed by atoms with Crippen LogP contribution in [0, 0.1) is 20.8 Å². The maximum absolute atomic E-state index is 13.7. The molecule has 1 aliphatic rings. The topological polar surface area (TPSA) is 91.9 Å². The molecule has 1 saturated heterocycles. The van der Waals surface area contributed by atoms with Crippen molar-refractivity contribution in [3.8, 4) is 11.5 Å². The van der Waals surface area contributed by atoms with Gasteiger partial charge in [-0.05, 0) is 62.2 Å². The molecule has 1 aromatic heterocycles. The average molecular weight is 497 g/mol. The number of carbonyl (C=O) groups is 2. The maximum Gasteiger partial charge on any atom is 0.300 e. The number of hydrogen-bond donors (Lipinski definition) is 2. The van der Waals surface area contributed by atoms with E-state index in [1.807, 2.05) is 63.2 Å². The van der Waals surface area contributed by atoms with Crippen LogP contribution in [0.4, 0.5) is 5.69 Å². The van der Waals surface area contributed by atoms with Crippen LogP contribution in [0.1, 0.15) is 34.0 Å². The Balaban J connectivity index is 1.86. The normalized spacial score (nSPS) is 17.0. The molecule has 1 fully saturated rings. The third-order valence-electron chi connectivity index (χ3n) is 7.09. The van der Waals surface area contributed by atoms with Crippen LogP contribution in [0.5, 0.6) is 11.5 Å². The van der Waals surface area contributed by atoms with Gasteiger partial charge >= 0.3 is 0 Å². The molecule has 4 aromatic rings. The largest absolute Gasteiger partial charge is 0.506 e. The molecule has 0 saturated carbocycles. The molecule has 1 atom stereocenters. The second-order valence-electron chi connectivity index (χ2n) is 9.18. The second-order valence-corrected chi connectivity index (χ2v) is 9.18. The summed E-state index contributed by atoms with van der Waals surface area (Å²) in [6.07, 6.45) is 0. The number of aliphatic hydroxyl groups is 1. The first-order valence-electron chi connectivity index (χ1n) is 11.9. The van der Waals surface area contributed by atoms with Gasteiger partial charge in [-0.25, -0.2) is 0 Å². The lowest BCUT2D eigenvalue weighted by Crippen LogP contribution is -2.29. The number of rotatable bonds is 5. The Labute approximate surface area is 214 Å². The Morgan fingerprint density at radius 1 is 0.892 bits per heavy atom. The van der Waals surface area contributed by atoms with E-state index in [9.17, 15) is 14.7 Å². The smallest absolute Gasteiger partial charge is 0.300 e.